The predicted molar refractivity (Wildman–Crippen MR) is 128 cm³/mol. The number of carbonyl (C=O) groups is 2. The lowest BCUT2D eigenvalue weighted by molar-refractivity contribution is -0.142. The molecular weight excluding hydrogens is 420 g/mol. The Labute approximate surface area is 193 Å². The quantitative estimate of drug-likeness (QED) is 0.478. The Hall–Kier alpha value is -3.84. The van der Waals surface area contributed by atoms with E-state index >= 15 is 0 Å². The van der Waals surface area contributed by atoms with Crippen LogP contribution in [0.4, 0.5) is 5.69 Å². The molecule has 0 saturated carbocycles. The molecule has 33 heavy (non-hydrogen) atoms. The van der Waals surface area contributed by atoms with Crippen LogP contribution in [0.15, 0.2) is 60.7 Å². The number of hydrogen-bond donors (Lipinski definition) is 2. The number of esters is 1. The van der Waals surface area contributed by atoms with Crippen molar-refractivity contribution >= 4 is 17.6 Å². The second-order valence-corrected chi connectivity index (χ2v) is 7.44. The first-order valence-corrected chi connectivity index (χ1v) is 10.6. The van der Waals surface area contributed by atoms with Crippen molar-refractivity contribution in [1.82, 2.24) is 0 Å². The fraction of sp³-hybridized carbons (Fsp3) is 0.231. The number of amides is 1. The number of nitrogens with one attached hydrogen (secondary N) is 1. The Morgan fingerprint density at radius 1 is 0.909 bits per heavy atom. The van der Waals surface area contributed by atoms with Gasteiger partial charge in [0.2, 0.25) is 0 Å². The number of benzene rings is 3. The lowest BCUT2D eigenvalue weighted by Crippen LogP contribution is -2.17. The number of methoxy groups -OCH3 is 1. The van der Waals surface area contributed by atoms with E-state index in [4.69, 9.17) is 19.9 Å². The molecule has 0 saturated heterocycles. The highest BCUT2D eigenvalue weighted by atomic mass is 16.6. The maximum absolute atomic E-state index is 13.1. The van der Waals surface area contributed by atoms with Crippen molar-refractivity contribution < 1.29 is 23.8 Å². The first kappa shape index (κ1) is 23.8. The van der Waals surface area contributed by atoms with Crippen molar-refractivity contribution in [2.45, 2.75) is 13.8 Å². The third-order valence-electron chi connectivity index (χ3n) is 5.00. The van der Waals surface area contributed by atoms with Crippen LogP contribution in [0.25, 0.3) is 11.1 Å². The number of rotatable bonds is 9. The van der Waals surface area contributed by atoms with E-state index in [0.717, 1.165) is 28.0 Å². The molecule has 0 bridgehead atoms. The summed E-state index contributed by atoms with van der Waals surface area (Å²) in [7, 11) is 1.29. The summed E-state index contributed by atoms with van der Waals surface area (Å²) in [6.45, 7) is 4.30. The van der Waals surface area contributed by atoms with Crippen LogP contribution >= 0.6 is 0 Å². The van der Waals surface area contributed by atoms with Gasteiger partial charge in [0.05, 0.1) is 12.8 Å². The van der Waals surface area contributed by atoms with Crippen LogP contribution in [0.2, 0.25) is 0 Å². The molecule has 3 aromatic carbocycles. The number of aryl methyl sites for hydroxylation is 2. The van der Waals surface area contributed by atoms with Gasteiger partial charge in [-0.1, -0.05) is 42.5 Å². The summed E-state index contributed by atoms with van der Waals surface area (Å²) in [6.07, 6.45) is 0. The molecule has 0 heterocycles. The number of para-hydroxylation sites is 1. The van der Waals surface area contributed by atoms with E-state index in [9.17, 15) is 9.59 Å². The summed E-state index contributed by atoms with van der Waals surface area (Å²) in [5.74, 6) is 0.290. The van der Waals surface area contributed by atoms with Gasteiger partial charge in [-0.05, 0) is 48.7 Å². The van der Waals surface area contributed by atoms with Crippen LogP contribution in [-0.4, -0.2) is 38.7 Å². The number of nitrogens with two attached hydrogens (primary N) is 1. The van der Waals surface area contributed by atoms with Gasteiger partial charge in [-0.15, -0.1) is 0 Å². The minimum Gasteiger partial charge on any atom is -0.492 e. The molecule has 3 N–H and O–H groups in total. The lowest BCUT2D eigenvalue weighted by atomic mass is 10.0. The monoisotopic (exact) mass is 448 g/mol. The molecule has 0 spiro atoms. The Kier molecular flexibility index (Phi) is 8.05. The number of ether oxygens (including phenoxy) is 3. The molecule has 0 atom stereocenters. The van der Waals surface area contributed by atoms with Gasteiger partial charge < -0.3 is 25.3 Å². The first-order chi connectivity index (χ1) is 15.9. The standard InChI is InChI=1S/C26H28N2O5/c1-17-14-20(15-18(2)24(17)32-13-12-27)26(30)28-22-11-7-10-21(19-8-5-4-6-9-19)25(22)33-16-23(29)31-3/h4-11,14-15H,12-13,16,27H2,1-3H3,(H,28,30). The Morgan fingerprint density at radius 2 is 1.61 bits per heavy atom. The van der Waals surface area contributed by atoms with E-state index in [2.05, 4.69) is 5.32 Å². The van der Waals surface area contributed by atoms with Gasteiger partial charge in [0.1, 0.15) is 12.4 Å². The predicted octanol–water partition coefficient (Wildman–Crippen LogP) is 4.11. The average molecular weight is 449 g/mol. The van der Waals surface area contributed by atoms with Crippen molar-refractivity contribution in [3.63, 3.8) is 0 Å². The van der Waals surface area contributed by atoms with Gasteiger partial charge in [0.15, 0.2) is 12.4 Å². The van der Waals surface area contributed by atoms with E-state index in [1.165, 1.54) is 7.11 Å². The van der Waals surface area contributed by atoms with E-state index in [0.29, 0.717) is 30.2 Å². The van der Waals surface area contributed by atoms with Crippen LogP contribution in [0.1, 0.15) is 21.5 Å². The van der Waals surface area contributed by atoms with Crippen molar-refractivity contribution in [1.29, 1.82) is 0 Å². The van der Waals surface area contributed by atoms with Crippen LogP contribution in [0.3, 0.4) is 0 Å². The van der Waals surface area contributed by atoms with Gasteiger partial charge in [-0.2, -0.15) is 0 Å². The minimum absolute atomic E-state index is 0.283. The molecule has 7 heteroatoms. The molecule has 0 unspecified atom stereocenters. The fourth-order valence-corrected chi connectivity index (χ4v) is 3.49. The van der Waals surface area contributed by atoms with Gasteiger partial charge in [-0.3, -0.25) is 4.79 Å². The van der Waals surface area contributed by atoms with Crippen molar-refractivity contribution in [3.05, 3.63) is 77.4 Å². The number of anilines is 1. The maximum atomic E-state index is 13.1. The summed E-state index contributed by atoms with van der Waals surface area (Å²) >= 11 is 0. The normalized spacial score (nSPS) is 10.4. The Balaban J connectivity index is 1.94. The molecule has 0 aliphatic carbocycles. The molecule has 1 amide bonds. The highest BCUT2D eigenvalue weighted by Gasteiger charge is 2.18. The smallest absolute Gasteiger partial charge is 0.343 e. The fourth-order valence-electron chi connectivity index (χ4n) is 3.49. The zero-order chi connectivity index (χ0) is 23.8. The van der Waals surface area contributed by atoms with Crippen LogP contribution < -0.4 is 20.5 Å². The Morgan fingerprint density at radius 3 is 2.24 bits per heavy atom. The Bertz CT molecular complexity index is 1110. The maximum Gasteiger partial charge on any atom is 0.343 e. The van der Waals surface area contributed by atoms with Crippen LogP contribution in [-0.2, 0) is 9.53 Å². The second-order valence-electron chi connectivity index (χ2n) is 7.44. The third-order valence-corrected chi connectivity index (χ3v) is 5.00. The van der Waals surface area contributed by atoms with Gasteiger partial charge >= 0.3 is 5.97 Å². The molecule has 0 aliphatic heterocycles. The molecule has 3 aromatic rings. The largest absolute Gasteiger partial charge is 0.492 e. The van der Waals surface area contributed by atoms with Crippen molar-refractivity contribution in [2.24, 2.45) is 5.73 Å². The highest BCUT2D eigenvalue weighted by Crippen LogP contribution is 2.37. The highest BCUT2D eigenvalue weighted by molar-refractivity contribution is 6.06. The summed E-state index contributed by atoms with van der Waals surface area (Å²) in [6, 6.07) is 18.5. The van der Waals surface area contributed by atoms with Crippen molar-refractivity contribution in [3.8, 4) is 22.6 Å². The van der Waals surface area contributed by atoms with E-state index < -0.39 is 5.97 Å². The van der Waals surface area contributed by atoms with E-state index in [1.807, 2.05) is 56.3 Å². The van der Waals surface area contributed by atoms with Gasteiger partial charge in [0.25, 0.3) is 5.91 Å². The zero-order valence-corrected chi connectivity index (χ0v) is 19.0. The topological polar surface area (TPSA) is 99.9 Å². The summed E-state index contributed by atoms with van der Waals surface area (Å²) in [5.41, 5.74) is 9.78. The molecule has 7 nitrogen and oxygen atoms in total. The summed E-state index contributed by atoms with van der Waals surface area (Å²) < 4.78 is 16.2. The number of hydrogen-bond acceptors (Lipinski definition) is 6. The SMILES string of the molecule is COC(=O)COc1c(NC(=O)c2cc(C)c(OCCN)c(C)c2)cccc1-c1ccccc1. The van der Waals surface area contributed by atoms with Crippen LogP contribution in [0, 0.1) is 13.8 Å². The first-order valence-electron chi connectivity index (χ1n) is 10.6. The molecule has 172 valence electrons. The molecule has 0 aromatic heterocycles. The summed E-state index contributed by atoms with van der Waals surface area (Å²) in [4.78, 5) is 24.8. The molecule has 0 aliphatic rings. The van der Waals surface area contributed by atoms with E-state index in [-0.39, 0.29) is 12.5 Å². The van der Waals surface area contributed by atoms with Crippen LogP contribution in [0.5, 0.6) is 11.5 Å². The number of carbonyl (C=O) groups excluding carboxylic acids is 2. The molecule has 0 radical (unpaired) electrons. The molecule has 3 rings (SSSR count). The van der Waals surface area contributed by atoms with Gasteiger partial charge in [-0.25, -0.2) is 4.79 Å². The second kappa shape index (κ2) is 11.2. The van der Waals surface area contributed by atoms with Crippen molar-refractivity contribution in [2.75, 3.05) is 32.2 Å². The summed E-state index contributed by atoms with van der Waals surface area (Å²) in [5, 5.41) is 2.92. The molecule has 0 fully saturated rings. The van der Waals surface area contributed by atoms with E-state index in [1.54, 1.807) is 18.2 Å². The van der Waals surface area contributed by atoms with Gasteiger partial charge in [0, 0.05) is 17.7 Å². The zero-order valence-electron chi connectivity index (χ0n) is 19.0. The lowest BCUT2D eigenvalue weighted by Gasteiger charge is -2.17. The minimum atomic E-state index is -0.519. The third kappa shape index (κ3) is 5.90. The average Bonchev–Trinajstić information content (AvgIpc) is 2.82. The molecular formula is C26H28N2O5.